The molecule has 0 bridgehead atoms. The van der Waals surface area contributed by atoms with Crippen LogP contribution in [-0.2, 0) is 9.59 Å². The summed E-state index contributed by atoms with van der Waals surface area (Å²) in [6.07, 6.45) is 0. The lowest BCUT2D eigenvalue weighted by Gasteiger charge is -2.14. The number of nitrogens with zero attached hydrogens (tertiary/aromatic N) is 1. The Morgan fingerprint density at radius 2 is 2.00 bits per heavy atom. The van der Waals surface area contributed by atoms with Crippen LogP contribution in [0.15, 0.2) is 24.3 Å². The lowest BCUT2D eigenvalue weighted by Crippen LogP contribution is -2.47. The van der Waals surface area contributed by atoms with Gasteiger partial charge in [0, 0.05) is 12.3 Å². The predicted octanol–water partition coefficient (Wildman–Crippen LogP) is 0.690. The fourth-order valence-corrected chi connectivity index (χ4v) is 2.64. The molecule has 1 fully saturated rings. The lowest BCUT2D eigenvalue weighted by molar-refractivity contribution is -0.130. The van der Waals surface area contributed by atoms with Crippen LogP contribution in [0.2, 0.25) is 0 Å². The molecule has 1 aliphatic heterocycles. The molecule has 7 nitrogen and oxygen atoms in total. The van der Waals surface area contributed by atoms with E-state index in [1.165, 1.54) is 16.7 Å². The van der Waals surface area contributed by atoms with Gasteiger partial charge >= 0.3 is 0 Å². The molecule has 1 heterocycles. The summed E-state index contributed by atoms with van der Waals surface area (Å²) in [6.45, 7) is 2.15. The van der Waals surface area contributed by atoms with Crippen molar-refractivity contribution < 1.29 is 19.1 Å². The van der Waals surface area contributed by atoms with Crippen molar-refractivity contribution in [3.05, 3.63) is 29.8 Å². The first kappa shape index (κ1) is 16.2. The molecule has 3 amide bonds. The van der Waals surface area contributed by atoms with Gasteiger partial charge in [-0.3, -0.25) is 25.2 Å². The summed E-state index contributed by atoms with van der Waals surface area (Å²) in [4.78, 5) is 36.0. The van der Waals surface area contributed by atoms with E-state index in [-0.39, 0.29) is 18.4 Å². The number of carbonyl (C=O) groups excluding carboxylic acids is 3. The van der Waals surface area contributed by atoms with Crippen molar-refractivity contribution in [3.63, 3.8) is 0 Å². The Balaban J connectivity index is 1.68. The molecular weight excluding hydrogens is 306 g/mol. The molecule has 0 aliphatic carbocycles. The smallest absolute Gasteiger partial charge is 0.282 e. The first-order valence-electron chi connectivity index (χ1n) is 6.74. The minimum atomic E-state index is -0.473. The molecule has 1 aromatic carbocycles. The van der Waals surface area contributed by atoms with Crippen LogP contribution in [0.5, 0.6) is 5.75 Å². The number of hydrazine groups is 1. The molecule has 22 heavy (non-hydrogen) atoms. The van der Waals surface area contributed by atoms with Crippen LogP contribution in [0.25, 0.3) is 0 Å². The standard InChI is InChI=1S/C14H17N3O4S/c1-10-4-2-3-5-11(10)21-9-13(19)16-15-12(18)8-17-6-7-22-14(17)20/h2-5H,6-9H2,1H3,(H,15,18)(H,16,19). The second kappa shape index (κ2) is 7.69. The normalized spacial score (nSPS) is 13.9. The molecule has 0 saturated carbocycles. The number of amides is 3. The van der Waals surface area contributed by atoms with E-state index in [1.807, 2.05) is 25.1 Å². The zero-order valence-electron chi connectivity index (χ0n) is 12.1. The molecule has 1 saturated heterocycles. The highest BCUT2D eigenvalue weighted by Gasteiger charge is 2.23. The quantitative estimate of drug-likeness (QED) is 0.779. The van der Waals surface area contributed by atoms with E-state index in [4.69, 9.17) is 4.74 Å². The van der Waals surface area contributed by atoms with Crippen molar-refractivity contribution in [2.24, 2.45) is 0 Å². The van der Waals surface area contributed by atoms with Crippen LogP contribution in [0.3, 0.4) is 0 Å². The Kier molecular flexibility index (Phi) is 5.65. The van der Waals surface area contributed by atoms with Gasteiger partial charge in [-0.2, -0.15) is 0 Å². The maximum atomic E-state index is 11.6. The average molecular weight is 323 g/mol. The number of benzene rings is 1. The zero-order valence-corrected chi connectivity index (χ0v) is 12.9. The van der Waals surface area contributed by atoms with Gasteiger partial charge in [0.25, 0.3) is 17.1 Å². The molecular formula is C14H17N3O4S. The van der Waals surface area contributed by atoms with Crippen molar-refractivity contribution >= 4 is 28.8 Å². The molecule has 8 heteroatoms. The van der Waals surface area contributed by atoms with Crippen molar-refractivity contribution in [2.45, 2.75) is 6.92 Å². The fourth-order valence-electron chi connectivity index (χ4n) is 1.82. The topological polar surface area (TPSA) is 87.7 Å². The van der Waals surface area contributed by atoms with Crippen LogP contribution in [0.4, 0.5) is 4.79 Å². The number of carbonyl (C=O) groups is 3. The van der Waals surface area contributed by atoms with Gasteiger partial charge in [-0.25, -0.2) is 0 Å². The van der Waals surface area contributed by atoms with Gasteiger partial charge in [0.15, 0.2) is 6.61 Å². The van der Waals surface area contributed by atoms with Gasteiger partial charge in [0.1, 0.15) is 12.3 Å². The van der Waals surface area contributed by atoms with E-state index in [9.17, 15) is 14.4 Å². The number of ether oxygens (including phenoxy) is 1. The third-order valence-electron chi connectivity index (χ3n) is 2.97. The van der Waals surface area contributed by atoms with Crippen LogP contribution >= 0.6 is 11.8 Å². The molecule has 0 radical (unpaired) electrons. The van der Waals surface area contributed by atoms with E-state index in [1.54, 1.807) is 6.07 Å². The average Bonchev–Trinajstić information content (AvgIpc) is 2.89. The second-order valence-corrected chi connectivity index (χ2v) is 5.73. The molecule has 2 rings (SSSR count). The Hall–Kier alpha value is -2.22. The second-order valence-electron chi connectivity index (χ2n) is 4.69. The number of rotatable bonds is 5. The SMILES string of the molecule is Cc1ccccc1OCC(=O)NNC(=O)CN1CCSC1=O. The van der Waals surface area contributed by atoms with Crippen molar-refractivity contribution in [1.29, 1.82) is 0 Å². The highest BCUT2D eigenvalue weighted by atomic mass is 32.2. The van der Waals surface area contributed by atoms with E-state index < -0.39 is 11.8 Å². The molecule has 1 aliphatic rings. The van der Waals surface area contributed by atoms with Gasteiger partial charge in [-0.1, -0.05) is 30.0 Å². The third-order valence-corrected chi connectivity index (χ3v) is 3.86. The van der Waals surface area contributed by atoms with Crippen LogP contribution in [0, 0.1) is 6.92 Å². The number of aryl methyl sites for hydroxylation is 1. The van der Waals surface area contributed by atoms with Crippen molar-refractivity contribution in [1.82, 2.24) is 15.8 Å². The molecule has 118 valence electrons. The summed E-state index contributed by atoms with van der Waals surface area (Å²) in [5.41, 5.74) is 5.43. The highest BCUT2D eigenvalue weighted by molar-refractivity contribution is 8.13. The predicted molar refractivity (Wildman–Crippen MR) is 82.4 cm³/mol. The lowest BCUT2D eigenvalue weighted by atomic mass is 10.2. The number of nitrogens with one attached hydrogen (secondary N) is 2. The third kappa shape index (κ3) is 4.66. The van der Waals surface area contributed by atoms with Gasteiger partial charge in [0.2, 0.25) is 0 Å². The largest absolute Gasteiger partial charge is 0.483 e. The summed E-state index contributed by atoms with van der Waals surface area (Å²) in [5, 5.41) is -0.121. The molecule has 1 aromatic rings. The first-order valence-corrected chi connectivity index (χ1v) is 7.72. The summed E-state index contributed by atoms with van der Waals surface area (Å²) in [6, 6.07) is 7.32. The molecule has 0 atom stereocenters. The van der Waals surface area contributed by atoms with E-state index in [0.29, 0.717) is 18.0 Å². The van der Waals surface area contributed by atoms with Crippen LogP contribution in [-0.4, -0.2) is 47.4 Å². The Bertz CT molecular complexity index is 579. The van der Waals surface area contributed by atoms with Gasteiger partial charge in [-0.15, -0.1) is 0 Å². The summed E-state index contributed by atoms with van der Waals surface area (Å²) < 4.78 is 5.35. The summed E-state index contributed by atoms with van der Waals surface area (Å²) >= 11 is 1.18. The van der Waals surface area contributed by atoms with E-state index in [0.717, 1.165) is 5.56 Å². The summed E-state index contributed by atoms with van der Waals surface area (Å²) in [7, 11) is 0. The first-order chi connectivity index (χ1) is 10.6. The van der Waals surface area contributed by atoms with Gasteiger partial charge in [0.05, 0.1) is 0 Å². The van der Waals surface area contributed by atoms with Gasteiger partial charge < -0.3 is 9.64 Å². The molecule has 2 N–H and O–H groups in total. The number of hydrogen-bond acceptors (Lipinski definition) is 5. The maximum Gasteiger partial charge on any atom is 0.282 e. The van der Waals surface area contributed by atoms with E-state index >= 15 is 0 Å². The number of thioether (sulfide) groups is 1. The van der Waals surface area contributed by atoms with E-state index in [2.05, 4.69) is 10.9 Å². The zero-order chi connectivity index (χ0) is 15.9. The number of para-hydroxylation sites is 1. The monoisotopic (exact) mass is 323 g/mol. The maximum absolute atomic E-state index is 11.6. The minimum absolute atomic E-state index is 0.0647. The minimum Gasteiger partial charge on any atom is -0.483 e. The molecule has 0 unspecified atom stereocenters. The highest BCUT2D eigenvalue weighted by Crippen LogP contribution is 2.16. The molecule has 0 spiro atoms. The fraction of sp³-hybridized carbons (Fsp3) is 0.357. The Labute approximate surface area is 132 Å². The Morgan fingerprint density at radius 1 is 1.27 bits per heavy atom. The van der Waals surface area contributed by atoms with Crippen LogP contribution in [0.1, 0.15) is 5.56 Å². The van der Waals surface area contributed by atoms with Gasteiger partial charge in [-0.05, 0) is 18.6 Å². The number of hydrogen-bond donors (Lipinski definition) is 2. The van der Waals surface area contributed by atoms with Crippen molar-refractivity contribution in [3.8, 4) is 5.75 Å². The summed E-state index contributed by atoms with van der Waals surface area (Å²) in [5.74, 6) is 0.380. The molecule has 0 aromatic heterocycles. The van der Waals surface area contributed by atoms with Crippen LogP contribution < -0.4 is 15.6 Å². The van der Waals surface area contributed by atoms with Crippen molar-refractivity contribution in [2.75, 3.05) is 25.4 Å². The Morgan fingerprint density at radius 3 is 2.68 bits per heavy atom.